The molecule has 2 bridgehead atoms. The highest BCUT2D eigenvalue weighted by Crippen LogP contribution is 2.64. The molecule has 23 heavy (non-hydrogen) atoms. The summed E-state index contributed by atoms with van der Waals surface area (Å²) >= 11 is 1.79. The minimum absolute atomic E-state index is 0.382. The Bertz CT molecular complexity index is 884. The topological polar surface area (TPSA) is 53.6 Å². The second kappa shape index (κ2) is 4.35. The van der Waals surface area contributed by atoms with Gasteiger partial charge in [0.1, 0.15) is 5.01 Å². The van der Waals surface area contributed by atoms with Gasteiger partial charge in [-0.25, -0.2) is 4.98 Å². The van der Waals surface area contributed by atoms with E-state index in [4.69, 9.17) is 0 Å². The molecule has 3 aromatic rings. The first-order chi connectivity index (χ1) is 11.4. The van der Waals surface area contributed by atoms with Gasteiger partial charge >= 0.3 is 0 Å². The molecular weight excluding hydrogens is 304 g/mol. The number of hydrogen-bond donors (Lipinski definition) is 2. The van der Waals surface area contributed by atoms with Crippen LogP contribution in [0.4, 0.5) is 5.69 Å². The lowest BCUT2D eigenvalue weighted by atomic mass is 9.69. The number of H-pyrrole nitrogens is 1. The van der Waals surface area contributed by atoms with Crippen LogP contribution >= 0.6 is 11.3 Å². The molecule has 3 heterocycles. The van der Waals surface area contributed by atoms with E-state index in [0.717, 1.165) is 11.8 Å². The largest absolute Gasteiger partial charge is 0.375 e. The summed E-state index contributed by atoms with van der Waals surface area (Å²) in [6.07, 6.45) is 8.14. The highest BCUT2D eigenvalue weighted by atomic mass is 32.1. The molecule has 2 fully saturated rings. The van der Waals surface area contributed by atoms with Crippen LogP contribution in [-0.2, 0) is 0 Å². The van der Waals surface area contributed by atoms with Crippen LogP contribution in [0.25, 0.3) is 10.9 Å². The Balaban J connectivity index is 1.60. The molecule has 0 radical (unpaired) electrons. The van der Waals surface area contributed by atoms with Gasteiger partial charge in [0.15, 0.2) is 0 Å². The molecular formula is C18H18N4S. The first-order valence-electron chi connectivity index (χ1n) is 8.52. The fourth-order valence-electron chi connectivity index (χ4n) is 5.65. The summed E-state index contributed by atoms with van der Waals surface area (Å²) in [6, 6.07) is 4.77. The zero-order chi connectivity index (χ0) is 15.0. The van der Waals surface area contributed by atoms with Crippen molar-refractivity contribution in [2.75, 3.05) is 5.32 Å². The van der Waals surface area contributed by atoms with E-state index < -0.39 is 0 Å². The molecule has 6 rings (SSSR count). The third-order valence-corrected chi connectivity index (χ3v) is 7.25. The second-order valence-corrected chi connectivity index (χ2v) is 8.21. The third-order valence-electron chi connectivity index (χ3n) is 6.39. The maximum Gasteiger partial charge on any atom is 0.115 e. The van der Waals surface area contributed by atoms with Crippen molar-refractivity contribution in [3.63, 3.8) is 0 Å². The van der Waals surface area contributed by atoms with Crippen molar-refractivity contribution in [1.29, 1.82) is 0 Å². The van der Waals surface area contributed by atoms with Crippen molar-refractivity contribution >= 4 is 27.9 Å². The van der Waals surface area contributed by atoms with E-state index in [1.165, 1.54) is 46.4 Å². The van der Waals surface area contributed by atoms with E-state index in [1.54, 1.807) is 11.3 Å². The Morgan fingerprint density at radius 3 is 3.04 bits per heavy atom. The van der Waals surface area contributed by atoms with E-state index >= 15 is 0 Å². The molecule has 1 aromatic carbocycles. The Hall–Kier alpha value is -1.88. The van der Waals surface area contributed by atoms with Crippen LogP contribution in [0.15, 0.2) is 29.9 Å². The van der Waals surface area contributed by atoms with Gasteiger partial charge in [-0.05, 0) is 60.6 Å². The van der Waals surface area contributed by atoms with Crippen LogP contribution in [0.1, 0.15) is 41.8 Å². The Morgan fingerprint density at radius 1 is 1.17 bits per heavy atom. The number of thiazole rings is 1. The van der Waals surface area contributed by atoms with Gasteiger partial charge in [0.25, 0.3) is 0 Å². The zero-order valence-electron chi connectivity index (χ0n) is 12.7. The average Bonchev–Trinajstić information content (AvgIpc) is 3.37. The monoisotopic (exact) mass is 322 g/mol. The summed E-state index contributed by atoms with van der Waals surface area (Å²) in [5.41, 5.74) is 3.98. The average molecular weight is 322 g/mol. The van der Waals surface area contributed by atoms with Crippen LogP contribution in [0.2, 0.25) is 0 Å². The lowest BCUT2D eigenvalue weighted by Gasteiger charge is -2.42. The predicted molar refractivity (Wildman–Crippen MR) is 91.6 cm³/mol. The molecule has 116 valence electrons. The van der Waals surface area contributed by atoms with E-state index in [1.807, 2.05) is 12.4 Å². The number of benzene rings is 1. The summed E-state index contributed by atoms with van der Waals surface area (Å²) in [5, 5.41) is 16.0. The fraction of sp³-hybridized carbons (Fsp3) is 0.444. The van der Waals surface area contributed by atoms with Gasteiger partial charge < -0.3 is 5.32 Å². The molecule has 0 amide bonds. The summed E-state index contributed by atoms with van der Waals surface area (Å²) < 4.78 is 0. The number of aromatic nitrogens is 3. The number of nitrogens with one attached hydrogen (secondary N) is 2. The zero-order valence-corrected chi connectivity index (χ0v) is 13.5. The normalized spacial score (nSPS) is 34.3. The van der Waals surface area contributed by atoms with Gasteiger partial charge in [0.2, 0.25) is 0 Å². The summed E-state index contributed by atoms with van der Waals surface area (Å²) in [5.74, 6) is 3.05. The maximum atomic E-state index is 4.65. The standard InChI is InChI=1S/C18H18N4S/c1-2-10-7-9(1)14-15(10)17(18-19-5-6-23-18)21-13-4-3-12-11(16(13)14)8-20-22-12/h3-6,8-10,14-15,17,21H,1-2,7H2,(H,20,22)/t9?,10?,14-,15+,17+/m0/s1. The minimum Gasteiger partial charge on any atom is -0.375 e. The van der Waals surface area contributed by atoms with E-state index in [2.05, 4.69) is 38.0 Å². The molecule has 2 aromatic heterocycles. The Labute approximate surface area is 138 Å². The molecule has 1 aliphatic heterocycles. The highest BCUT2D eigenvalue weighted by molar-refractivity contribution is 7.09. The van der Waals surface area contributed by atoms with Crippen molar-refractivity contribution < 1.29 is 0 Å². The molecule has 2 N–H and O–H groups in total. The molecule has 2 aliphatic carbocycles. The van der Waals surface area contributed by atoms with Gasteiger partial charge in [0.05, 0.1) is 17.8 Å². The lowest BCUT2D eigenvalue weighted by Crippen LogP contribution is -2.35. The van der Waals surface area contributed by atoms with Crippen molar-refractivity contribution in [3.05, 3.63) is 40.5 Å². The molecule has 5 atom stereocenters. The summed E-state index contributed by atoms with van der Waals surface area (Å²) in [6.45, 7) is 0. The van der Waals surface area contributed by atoms with Crippen LogP contribution in [0.5, 0.6) is 0 Å². The SMILES string of the molecule is c1csc([C@@H]2Nc3ccc4[nH]ncc4c3[C@H]3C4CCC(C4)[C@@H]23)n1. The quantitative estimate of drug-likeness (QED) is 0.701. The first kappa shape index (κ1) is 12.5. The number of rotatable bonds is 1. The minimum atomic E-state index is 0.382. The maximum absolute atomic E-state index is 4.65. The van der Waals surface area contributed by atoms with Crippen LogP contribution in [0.3, 0.4) is 0 Å². The van der Waals surface area contributed by atoms with Gasteiger partial charge in [-0.2, -0.15) is 5.10 Å². The lowest BCUT2D eigenvalue weighted by molar-refractivity contribution is 0.248. The molecule has 5 heteroatoms. The smallest absolute Gasteiger partial charge is 0.115 e. The number of nitrogens with zero attached hydrogens (tertiary/aromatic N) is 2. The predicted octanol–water partition coefficient (Wildman–Crippen LogP) is 4.32. The van der Waals surface area contributed by atoms with Crippen LogP contribution < -0.4 is 5.32 Å². The van der Waals surface area contributed by atoms with Crippen molar-refractivity contribution in [2.45, 2.75) is 31.2 Å². The Kier molecular flexibility index (Phi) is 2.37. The molecule has 2 unspecified atom stereocenters. The Morgan fingerprint density at radius 2 is 2.13 bits per heavy atom. The number of fused-ring (bicyclic) bond motifs is 9. The number of anilines is 1. The van der Waals surface area contributed by atoms with Crippen LogP contribution in [0, 0.1) is 17.8 Å². The first-order valence-corrected chi connectivity index (χ1v) is 9.40. The number of aromatic amines is 1. The van der Waals surface area contributed by atoms with Crippen molar-refractivity contribution in [1.82, 2.24) is 15.2 Å². The molecule has 2 saturated carbocycles. The highest BCUT2D eigenvalue weighted by Gasteiger charge is 2.54. The van der Waals surface area contributed by atoms with E-state index in [9.17, 15) is 0 Å². The fourth-order valence-corrected chi connectivity index (χ4v) is 6.39. The second-order valence-electron chi connectivity index (χ2n) is 7.29. The molecule has 4 nitrogen and oxygen atoms in total. The van der Waals surface area contributed by atoms with Gasteiger partial charge in [-0.1, -0.05) is 0 Å². The van der Waals surface area contributed by atoms with Crippen molar-refractivity contribution in [3.8, 4) is 0 Å². The van der Waals surface area contributed by atoms with E-state index in [0.29, 0.717) is 17.9 Å². The molecule has 0 saturated heterocycles. The van der Waals surface area contributed by atoms with Gasteiger partial charge in [0, 0.05) is 22.7 Å². The van der Waals surface area contributed by atoms with Gasteiger partial charge in [-0.15, -0.1) is 11.3 Å². The molecule has 0 spiro atoms. The third kappa shape index (κ3) is 1.56. The van der Waals surface area contributed by atoms with E-state index in [-0.39, 0.29) is 0 Å². The summed E-state index contributed by atoms with van der Waals surface area (Å²) in [4.78, 5) is 4.65. The number of hydrogen-bond acceptors (Lipinski definition) is 4. The van der Waals surface area contributed by atoms with Crippen LogP contribution in [-0.4, -0.2) is 15.2 Å². The summed E-state index contributed by atoms with van der Waals surface area (Å²) in [7, 11) is 0. The van der Waals surface area contributed by atoms with Gasteiger partial charge in [-0.3, -0.25) is 5.10 Å². The van der Waals surface area contributed by atoms with Crippen molar-refractivity contribution in [2.24, 2.45) is 17.8 Å². The molecule has 3 aliphatic rings.